The van der Waals surface area contributed by atoms with Crippen LogP contribution in [0.3, 0.4) is 0 Å². The van der Waals surface area contributed by atoms with Gasteiger partial charge in [0.15, 0.2) is 4.80 Å². The molecular weight excluding hydrogens is 320 g/mol. The highest BCUT2D eigenvalue weighted by Crippen LogP contribution is 2.27. The van der Waals surface area contributed by atoms with E-state index in [-0.39, 0.29) is 11.9 Å². The minimum absolute atomic E-state index is 0.321. The Balaban J connectivity index is 2.31. The highest BCUT2D eigenvalue weighted by Gasteiger charge is 2.18. The number of ether oxygens (including phenoxy) is 1. The van der Waals surface area contributed by atoms with Crippen LogP contribution in [-0.4, -0.2) is 28.8 Å². The first-order chi connectivity index (χ1) is 10.5. The first-order valence-electron chi connectivity index (χ1n) is 6.55. The number of amides is 1. The maximum Gasteiger partial charge on any atom is 0.318 e. The van der Waals surface area contributed by atoms with Gasteiger partial charge in [-0.15, -0.1) is 23.1 Å². The number of rotatable bonds is 4. The molecule has 0 N–H and O–H groups in total. The van der Waals surface area contributed by atoms with E-state index >= 15 is 0 Å². The summed E-state index contributed by atoms with van der Waals surface area (Å²) >= 11 is 2.68. The standard InChI is InChI=1S/C15H16N2O3S2/c1-10(14(19)20-3)22-12-7-5-4-6-11(12)13(18)16-15-17(2)8-9-21-15/h4-10H,1-3H3. The number of benzene rings is 1. The van der Waals surface area contributed by atoms with Gasteiger partial charge in [0.2, 0.25) is 0 Å². The molecule has 2 aromatic rings. The van der Waals surface area contributed by atoms with Crippen molar-refractivity contribution in [1.29, 1.82) is 0 Å². The molecule has 1 aromatic carbocycles. The zero-order valence-electron chi connectivity index (χ0n) is 12.5. The molecule has 1 unspecified atom stereocenters. The van der Waals surface area contributed by atoms with Crippen molar-refractivity contribution < 1.29 is 14.3 Å². The molecule has 22 heavy (non-hydrogen) atoms. The first kappa shape index (κ1) is 16.5. The predicted octanol–water partition coefficient (Wildman–Crippen LogP) is 2.48. The Morgan fingerprint density at radius 2 is 2.09 bits per heavy atom. The molecule has 0 aliphatic heterocycles. The number of carbonyl (C=O) groups is 2. The van der Waals surface area contributed by atoms with Gasteiger partial charge >= 0.3 is 5.97 Å². The van der Waals surface area contributed by atoms with Crippen molar-refractivity contribution in [2.75, 3.05) is 7.11 Å². The Bertz CT molecular complexity index is 749. The van der Waals surface area contributed by atoms with Crippen LogP contribution in [0.2, 0.25) is 0 Å². The quantitative estimate of drug-likeness (QED) is 0.636. The number of methoxy groups -OCH3 is 1. The van der Waals surface area contributed by atoms with E-state index in [4.69, 9.17) is 4.74 Å². The van der Waals surface area contributed by atoms with Gasteiger partial charge in [0.25, 0.3) is 5.91 Å². The summed E-state index contributed by atoms with van der Waals surface area (Å²) in [6.07, 6.45) is 1.84. The van der Waals surface area contributed by atoms with Gasteiger partial charge in [0.05, 0.1) is 12.7 Å². The lowest BCUT2D eigenvalue weighted by Crippen LogP contribution is -2.16. The number of aryl methyl sites for hydroxylation is 1. The van der Waals surface area contributed by atoms with E-state index in [1.807, 2.05) is 24.7 Å². The van der Waals surface area contributed by atoms with Gasteiger partial charge < -0.3 is 9.30 Å². The monoisotopic (exact) mass is 336 g/mol. The molecular formula is C15H16N2O3S2. The number of nitrogens with zero attached hydrogens (tertiary/aromatic N) is 2. The molecule has 0 saturated heterocycles. The summed E-state index contributed by atoms with van der Waals surface area (Å²) in [6, 6.07) is 7.13. The third kappa shape index (κ3) is 3.86. The lowest BCUT2D eigenvalue weighted by Gasteiger charge is -2.10. The molecule has 0 fully saturated rings. The molecule has 5 nitrogen and oxygen atoms in total. The molecule has 116 valence electrons. The van der Waals surface area contributed by atoms with Crippen LogP contribution in [0.15, 0.2) is 45.7 Å². The van der Waals surface area contributed by atoms with Gasteiger partial charge in [-0.2, -0.15) is 4.99 Å². The van der Waals surface area contributed by atoms with Gasteiger partial charge in [-0.25, -0.2) is 0 Å². The molecule has 0 radical (unpaired) electrons. The summed E-state index contributed by atoms with van der Waals surface area (Å²) in [6.45, 7) is 1.74. The van der Waals surface area contributed by atoms with E-state index in [0.29, 0.717) is 15.3 Å². The van der Waals surface area contributed by atoms with Gasteiger partial charge in [0.1, 0.15) is 5.25 Å². The minimum atomic E-state index is -0.392. The third-order valence-electron chi connectivity index (χ3n) is 2.91. The highest BCUT2D eigenvalue weighted by molar-refractivity contribution is 8.00. The molecule has 0 saturated carbocycles. The smallest absolute Gasteiger partial charge is 0.318 e. The van der Waals surface area contributed by atoms with Gasteiger partial charge in [-0.1, -0.05) is 12.1 Å². The maximum atomic E-state index is 12.4. The largest absolute Gasteiger partial charge is 0.468 e. The molecule has 1 aromatic heterocycles. The fourth-order valence-electron chi connectivity index (χ4n) is 1.73. The summed E-state index contributed by atoms with van der Waals surface area (Å²) in [5.74, 6) is -0.646. The predicted molar refractivity (Wildman–Crippen MR) is 87.0 cm³/mol. The maximum absolute atomic E-state index is 12.4. The molecule has 1 amide bonds. The van der Waals surface area contributed by atoms with E-state index in [9.17, 15) is 9.59 Å². The van der Waals surface area contributed by atoms with Gasteiger partial charge in [-0.3, -0.25) is 9.59 Å². The van der Waals surface area contributed by atoms with E-state index < -0.39 is 5.25 Å². The number of carbonyl (C=O) groups excluding carboxylic acids is 2. The van der Waals surface area contributed by atoms with E-state index in [1.165, 1.54) is 30.2 Å². The number of thioether (sulfide) groups is 1. The summed E-state index contributed by atoms with van der Waals surface area (Å²) in [5.41, 5.74) is 0.483. The van der Waals surface area contributed by atoms with Gasteiger partial charge in [-0.05, 0) is 19.1 Å². The molecule has 0 spiro atoms. The molecule has 1 atom stereocenters. The van der Waals surface area contributed by atoms with Gasteiger partial charge in [0, 0.05) is 23.5 Å². The fourth-order valence-corrected chi connectivity index (χ4v) is 3.47. The summed E-state index contributed by atoms with van der Waals surface area (Å²) in [4.78, 5) is 29.4. The third-order valence-corrected chi connectivity index (χ3v) is 4.91. The second-order valence-electron chi connectivity index (χ2n) is 4.49. The zero-order valence-corrected chi connectivity index (χ0v) is 14.1. The van der Waals surface area contributed by atoms with Crippen molar-refractivity contribution >= 4 is 35.0 Å². The highest BCUT2D eigenvalue weighted by atomic mass is 32.2. The van der Waals surface area contributed by atoms with E-state index in [0.717, 1.165) is 0 Å². The summed E-state index contributed by atoms with van der Waals surface area (Å²) in [7, 11) is 3.19. The number of aromatic nitrogens is 1. The molecule has 0 aliphatic carbocycles. The first-order valence-corrected chi connectivity index (χ1v) is 8.31. The average molecular weight is 336 g/mol. The lowest BCUT2D eigenvalue weighted by molar-refractivity contribution is -0.139. The topological polar surface area (TPSA) is 60.7 Å². The van der Waals surface area contributed by atoms with Crippen molar-refractivity contribution in [1.82, 2.24) is 4.57 Å². The van der Waals surface area contributed by atoms with Crippen LogP contribution in [0.1, 0.15) is 17.3 Å². The molecule has 0 bridgehead atoms. The Labute approximate surface area is 136 Å². The van der Waals surface area contributed by atoms with Crippen LogP contribution in [-0.2, 0) is 16.6 Å². The molecule has 0 aliphatic rings. The molecule has 2 rings (SSSR count). The van der Waals surface area contributed by atoms with Crippen LogP contribution < -0.4 is 4.80 Å². The molecule has 7 heteroatoms. The van der Waals surface area contributed by atoms with Crippen LogP contribution >= 0.6 is 23.1 Å². The van der Waals surface area contributed by atoms with Crippen LogP contribution in [0.25, 0.3) is 0 Å². The van der Waals surface area contributed by atoms with Crippen LogP contribution in [0.5, 0.6) is 0 Å². The Morgan fingerprint density at radius 1 is 1.36 bits per heavy atom. The Morgan fingerprint density at radius 3 is 2.73 bits per heavy atom. The van der Waals surface area contributed by atoms with Crippen molar-refractivity contribution in [2.45, 2.75) is 17.1 Å². The number of esters is 1. The normalized spacial score (nSPS) is 13.0. The second kappa shape index (κ2) is 7.42. The van der Waals surface area contributed by atoms with E-state index in [2.05, 4.69) is 4.99 Å². The zero-order chi connectivity index (χ0) is 16.1. The van der Waals surface area contributed by atoms with Crippen LogP contribution in [0, 0.1) is 0 Å². The summed E-state index contributed by atoms with van der Waals surface area (Å²) in [5, 5.41) is 1.48. The number of hydrogen-bond acceptors (Lipinski definition) is 5. The second-order valence-corrected chi connectivity index (χ2v) is 6.75. The van der Waals surface area contributed by atoms with Crippen molar-refractivity contribution in [3.05, 3.63) is 46.2 Å². The minimum Gasteiger partial charge on any atom is -0.468 e. The Hall–Kier alpha value is -1.86. The molecule has 1 heterocycles. The van der Waals surface area contributed by atoms with Crippen LogP contribution in [0.4, 0.5) is 0 Å². The van der Waals surface area contributed by atoms with Crippen molar-refractivity contribution in [3.8, 4) is 0 Å². The van der Waals surface area contributed by atoms with Crippen molar-refractivity contribution in [3.63, 3.8) is 0 Å². The lowest BCUT2D eigenvalue weighted by atomic mass is 10.2. The SMILES string of the molecule is COC(=O)C(C)Sc1ccccc1C(=O)N=c1sccn1C. The number of hydrogen-bond donors (Lipinski definition) is 0. The fraction of sp³-hybridized carbons (Fsp3) is 0.267. The Kier molecular flexibility index (Phi) is 5.57. The van der Waals surface area contributed by atoms with E-state index in [1.54, 1.807) is 29.7 Å². The van der Waals surface area contributed by atoms with Crippen molar-refractivity contribution in [2.24, 2.45) is 12.0 Å². The average Bonchev–Trinajstić information content (AvgIpc) is 2.92. The number of thiazole rings is 1. The summed E-state index contributed by atoms with van der Waals surface area (Å²) < 4.78 is 6.50.